The summed E-state index contributed by atoms with van der Waals surface area (Å²) in [5.41, 5.74) is 0.403. The van der Waals surface area contributed by atoms with Gasteiger partial charge in [-0.25, -0.2) is 12.8 Å². The summed E-state index contributed by atoms with van der Waals surface area (Å²) in [5, 5.41) is 0. The van der Waals surface area contributed by atoms with Crippen LogP contribution in [0.3, 0.4) is 0 Å². The van der Waals surface area contributed by atoms with Gasteiger partial charge in [-0.05, 0) is 43.7 Å². The second kappa shape index (κ2) is 6.86. The number of piperazine rings is 1. The molecule has 2 aromatic rings. The Labute approximate surface area is 150 Å². The SMILES string of the molecule is Cc1ccc(C(=O)N2CCN(S(=O)(=O)c3ccc(C)c(F)c3)CC2)s1. The highest BCUT2D eigenvalue weighted by Crippen LogP contribution is 2.22. The van der Waals surface area contributed by atoms with Crippen LogP contribution in [0, 0.1) is 19.7 Å². The van der Waals surface area contributed by atoms with Crippen LogP contribution in [0.15, 0.2) is 35.2 Å². The Morgan fingerprint density at radius 1 is 1.08 bits per heavy atom. The summed E-state index contributed by atoms with van der Waals surface area (Å²) >= 11 is 1.43. The smallest absolute Gasteiger partial charge is 0.264 e. The van der Waals surface area contributed by atoms with Gasteiger partial charge in [0.1, 0.15) is 5.82 Å². The van der Waals surface area contributed by atoms with E-state index in [1.807, 2.05) is 13.0 Å². The first-order valence-corrected chi connectivity index (χ1v) is 10.2. The zero-order valence-electron chi connectivity index (χ0n) is 14.0. The van der Waals surface area contributed by atoms with E-state index < -0.39 is 15.8 Å². The molecule has 0 atom stereocenters. The molecule has 0 radical (unpaired) electrons. The van der Waals surface area contributed by atoms with Crippen molar-refractivity contribution in [1.29, 1.82) is 0 Å². The Morgan fingerprint density at radius 2 is 1.76 bits per heavy atom. The first kappa shape index (κ1) is 18.0. The molecule has 25 heavy (non-hydrogen) atoms. The molecule has 0 unspecified atom stereocenters. The van der Waals surface area contributed by atoms with Crippen LogP contribution in [0.4, 0.5) is 4.39 Å². The van der Waals surface area contributed by atoms with Crippen LogP contribution in [-0.4, -0.2) is 49.7 Å². The predicted octanol–water partition coefficient (Wildman–Crippen LogP) is 2.65. The minimum atomic E-state index is -3.75. The fourth-order valence-corrected chi connectivity index (χ4v) is 4.99. The van der Waals surface area contributed by atoms with Crippen molar-refractivity contribution in [2.75, 3.05) is 26.2 Å². The third kappa shape index (κ3) is 3.61. The number of halogens is 1. The maximum atomic E-state index is 13.7. The number of rotatable bonds is 3. The monoisotopic (exact) mass is 382 g/mol. The quantitative estimate of drug-likeness (QED) is 0.820. The van der Waals surface area contributed by atoms with Crippen molar-refractivity contribution >= 4 is 27.3 Å². The van der Waals surface area contributed by atoms with Crippen molar-refractivity contribution in [2.45, 2.75) is 18.7 Å². The van der Waals surface area contributed by atoms with Gasteiger partial charge in [-0.1, -0.05) is 6.07 Å². The second-order valence-electron chi connectivity index (χ2n) is 6.02. The maximum Gasteiger partial charge on any atom is 0.264 e. The molecule has 1 fully saturated rings. The van der Waals surface area contributed by atoms with E-state index in [9.17, 15) is 17.6 Å². The van der Waals surface area contributed by atoms with Crippen LogP contribution >= 0.6 is 11.3 Å². The van der Waals surface area contributed by atoms with E-state index >= 15 is 0 Å². The lowest BCUT2D eigenvalue weighted by Crippen LogP contribution is -2.50. The number of carbonyl (C=O) groups is 1. The first-order valence-electron chi connectivity index (χ1n) is 7.91. The van der Waals surface area contributed by atoms with Crippen LogP contribution in [0.1, 0.15) is 20.1 Å². The van der Waals surface area contributed by atoms with E-state index in [1.54, 1.807) is 17.9 Å². The summed E-state index contributed by atoms with van der Waals surface area (Å²) in [6.45, 7) is 4.57. The molecule has 2 heterocycles. The molecule has 0 bridgehead atoms. The van der Waals surface area contributed by atoms with E-state index in [2.05, 4.69) is 0 Å². The number of thiophene rings is 1. The van der Waals surface area contributed by atoms with Crippen molar-refractivity contribution in [1.82, 2.24) is 9.21 Å². The molecule has 0 spiro atoms. The van der Waals surface area contributed by atoms with Crippen LogP contribution in [-0.2, 0) is 10.0 Å². The van der Waals surface area contributed by atoms with Crippen molar-refractivity contribution in [3.05, 3.63) is 51.5 Å². The maximum absolute atomic E-state index is 13.7. The molecule has 1 amide bonds. The van der Waals surface area contributed by atoms with E-state index in [4.69, 9.17) is 0 Å². The van der Waals surface area contributed by atoms with Crippen LogP contribution in [0.25, 0.3) is 0 Å². The molecule has 0 aliphatic carbocycles. The van der Waals surface area contributed by atoms with Gasteiger partial charge in [-0.2, -0.15) is 4.31 Å². The van der Waals surface area contributed by atoms with E-state index in [-0.39, 0.29) is 23.9 Å². The Hall–Kier alpha value is -1.77. The topological polar surface area (TPSA) is 57.7 Å². The zero-order chi connectivity index (χ0) is 18.2. The third-order valence-electron chi connectivity index (χ3n) is 4.26. The Kier molecular flexibility index (Phi) is 4.95. The van der Waals surface area contributed by atoms with Crippen molar-refractivity contribution < 1.29 is 17.6 Å². The fourth-order valence-electron chi connectivity index (χ4n) is 2.72. The molecule has 1 aromatic carbocycles. The van der Waals surface area contributed by atoms with Crippen LogP contribution < -0.4 is 0 Å². The molecular formula is C17H19FN2O3S2. The third-order valence-corrected chi connectivity index (χ3v) is 7.14. The Bertz CT molecular complexity index is 900. The van der Waals surface area contributed by atoms with Gasteiger partial charge in [0.05, 0.1) is 9.77 Å². The van der Waals surface area contributed by atoms with Gasteiger partial charge in [0.25, 0.3) is 5.91 Å². The Balaban J connectivity index is 1.71. The predicted molar refractivity (Wildman–Crippen MR) is 94.9 cm³/mol. The molecule has 8 heteroatoms. The molecule has 1 aliphatic heterocycles. The average Bonchev–Trinajstić information content (AvgIpc) is 3.03. The molecule has 3 rings (SSSR count). The molecule has 0 saturated carbocycles. The number of amides is 1. The van der Waals surface area contributed by atoms with E-state index in [0.717, 1.165) is 10.9 Å². The number of hydrogen-bond donors (Lipinski definition) is 0. The first-order chi connectivity index (χ1) is 11.8. The zero-order valence-corrected chi connectivity index (χ0v) is 15.7. The summed E-state index contributed by atoms with van der Waals surface area (Å²) in [5.74, 6) is -0.612. The highest BCUT2D eigenvalue weighted by molar-refractivity contribution is 7.89. The van der Waals surface area contributed by atoms with Gasteiger partial charge >= 0.3 is 0 Å². The van der Waals surface area contributed by atoms with Crippen molar-refractivity contribution in [2.24, 2.45) is 0 Å². The van der Waals surface area contributed by atoms with Gasteiger partial charge in [0.2, 0.25) is 10.0 Å². The lowest BCUT2D eigenvalue weighted by Gasteiger charge is -2.33. The average molecular weight is 382 g/mol. The van der Waals surface area contributed by atoms with Crippen LogP contribution in [0.5, 0.6) is 0 Å². The van der Waals surface area contributed by atoms with Gasteiger partial charge in [-0.15, -0.1) is 11.3 Å². The molecule has 5 nitrogen and oxygen atoms in total. The number of sulfonamides is 1. The number of nitrogens with zero attached hydrogens (tertiary/aromatic N) is 2. The van der Waals surface area contributed by atoms with Crippen LogP contribution in [0.2, 0.25) is 0 Å². The highest BCUT2D eigenvalue weighted by atomic mass is 32.2. The fraction of sp³-hybridized carbons (Fsp3) is 0.353. The molecule has 1 saturated heterocycles. The standard InChI is InChI=1S/C17H19FN2O3S2/c1-12-3-5-14(11-15(12)18)25(22,23)20-9-7-19(8-10-20)17(21)16-6-4-13(2)24-16/h3-6,11H,7-10H2,1-2H3. The van der Waals surface area contributed by atoms with Crippen molar-refractivity contribution in [3.8, 4) is 0 Å². The van der Waals surface area contributed by atoms with E-state index in [1.165, 1.54) is 27.8 Å². The van der Waals surface area contributed by atoms with Gasteiger partial charge < -0.3 is 4.90 Å². The number of aryl methyl sites for hydroxylation is 2. The number of carbonyl (C=O) groups excluding carboxylic acids is 1. The minimum absolute atomic E-state index is 0.0516. The molecule has 1 aliphatic rings. The summed E-state index contributed by atoms with van der Waals surface area (Å²) in [6.07, 6.45) is 0. The summed E-state index contributed by atoms with van der Waals surface area (Å²) < 4.78 is 40.3. The molecular weight excluding hydrogens is 363 g/mol. The number of benzene rings is 1. The summed E-state index contributed by atoms with van der Waals surface area (Å²) in [7, 11) is -3.75. The lowest BCUT2D eigenvalue weighted by molar-refractivity contribution is 0.0703. The lowest BCUT2D eigenvalue weighted by atomic mass is 10.2. The normalized spacial score (nSPS) is 16.2. The number of hydrogen-bond acceptors (Lipinski definition) is 4. The highest BCUT2D eigenvalue weighted by Gasteiger charge is 2.31. The molecule has 1 aromatic heterocycles. The molecule has 134 valence electrons. The largest absolute Gasteiger partial charge is 0.335 e. The van der Waals surface area contributed by atoms with Gasteiger partial charge in [0.15, 0.2) is 0 Å². The van der Waals surface area contributed by atoms with Gasteiger partial charge in [0, 0.05) is 31.1 Å². The van der Waals surface area contributed by atoms with E-state index in [0.29, 0.717) is 23.5 Å². The summed E-state index contributed by atoms with van der Waals surface area (Å²) in [4.78, 5) is 15.8. The Morgan fingerprint density at radius 3 is 2.32 bits per heavy atom. The summed E-state index contributed by atoms with van der Waals surface area (Å²) in [6, 6.07) is 7.61. The van der Waals surface area contributed by atoms with Crippen molar-refractivity contribution in [3.63, 3.8) is 0 Å². The van der Waals surface area contributed by atoms with Gasteiger partial charge in [-0.3, -0.25) is 4.79 Å². The molecule has 0 N–H and O–H groups in total. The minimum Gasteiger partial charge on any atom is -0.335 e. The second-order valence-corrected chi connectivity index (χ2v) is 9.24.